The van der Waals surface area contributed by atoms with E-state index < -0.39 is 0 Å². The Labute approximate surface area is 121 Å². The van der Waals surface area contributed by atoms with E-state index in [0.29, 0.717) is 6.04 Å². The number of benzene rings is 1. The topological polar surface area (TPSA) is 21.3 Å². The van der Waals surface area contributed by atoms with Crippen molar-refractivity contribution < 1.29 is 4.74 Å². The summed E-state index contributed by atoms with van der Waals surface area (Å²) in [7, 11) is 1.69. The maximum Gasteiger partial charge on any atom is 0.124 e. The molecule has 0 saturated heterocycles. The lowest BCUT2D eigenvalue weighted by Gasteiger charge is -2.33. The van der Waals surface area contributed by atoms with Gasteiger partial charge in [0.2, 0.25) is 0 Å². The summed E-state index contributed by atoms with van der Waals surface area (Å²) in [6.45, 7) is 5.48. The molecule has 0 aromatic heterocycles. The Bertz CT molecular complexity index is 421. The molecular weight excluding hydrogens is 258 g/mol. The Morgan fingerprint density at radius 2 is 2.11 bits per heavy atom. The SMILES string of the molecule is COc1cccc(Cl)c1CNC1CCC(C)CC1C. The van der Waals surface area contributed by atoms with E-state index in [-0.39, 0.29) is 0 Å². The molecule has 1 N–H and O–H groups in total. The smallest absolute Gasteiger partial charge is 0.124 e. The van der Waals surface area contributed by atoms with Crippen LogP contribution in [0.15, 0.2) is 18.2 Å². The average Bonchev–Trinajstić information content (AvgIpc) is 2.39. The van der Waals surface area contributed by atoms with E-state index in [2.05, 4.69) is 19.2 Å². The van der Waals surface area contributed by atoms with Crippen LogP contribution in [-0.2, 0) is 6.54 Å². The van der Waals surface area contributed by atoms with Gasteiger partial charge in [0.1, 0.15) is 5.75 Å². The van der Waals surface area contributed by atoms with Crippen LogP contribution in [-0.4, -0.2) is 13.2 Å². The minimum Gasteiger partial charge on any atom is -0.496 e. The van der Waals surface area contributed by atoms with Crippen molar-refractivity contribution in [2.45, 2.75) is 45.7 Å². The summed E-state index contributed by atoms with van der Waals surface area (Å²) >= 11 is 6.27. The molecule has 0 aliphatic heterocycles. The number of methoxy groups -OCH3 is 1. The molecule has 2 rings (SSSR count). The van der Waals surface area contributed by atoms with Gasteiger partial charge < -0.3 is 10.1 Å². The highest BCUT2D eigenvalue weighted by Gasteiger charge is 2.25. The fourth-order valence-corrected chi connectivity index (χ4v) is 3.34. The summed E-state index contributed by atoms with van der Waals surface area (Å²) in [6.07, 6.45) is 3.90. The zero-order chi connectivity index (χ0) is 13.8. The predicted octanol–water partition coefficient (Wildman–Crippen LogP) is 4.26. The molecule has 3 atom stereocenters. The zero-order valence-corrected chi connectivity index (χ0v) is 12.8. The summed E-state index contributed by atoms with van der Waals surface area (Å²) in [5.41, 5.74) is 1.07. The molecule has 106 valence electrons. The van der Waals surface area contributed by atoms with Crippen molar-refractivity contribution in [2.24, 2.45) is 11.8 Å². The van der Waals surface area contributed by atoms with Crippen LogP contribution < -0.4 is 10.1 Å². The monoisotopic (exact) mass is 281 g/mol. The summed E-state index contributed by atoms with van der Waals surface area (Å²) in [5, 5.41) is 4.44. The van der Waals surface area contributed by atoms with Crippen LogP contribution in [0.1, 0.15) is 38.7 Å². The zero-order valence-electron chi connectivity index (χ0n) is 12.1. The Balaban J connectivity index is 1.99. The molecule has 0 radical (unpaired) electrons. The first-order valence-electron chi connectivity index (χ1n) is 7.16. The molecular formula is C16H24ClNO. The molecule has 1 aliphatic rings. The molecule has 0 spiro atoms. The maximum atomic E-state index is 6.27. The van der Waals surface area contributed by atoms with Crippen LogP contribution >= 0.6 is 11.6 Å². The van der Waals surface area contributed by atoms with E-state index in [4.69, 9.17) is 16.3 Å². The first kappa shape index (κ1) is 14.7. The average molecular weight is 282 g/mol. The van der Waals surface area contributed by atoms with Gasteiger partial charge in [-0.1, -0.05) is 31.5 Å². The van der Waals surface area contributed by atoms with Crippen LogP contribution in [0.5, 0.6) is 5.75 Å². The molecule has 3 heteroatoms. The van der Waals surface area contributed by atoms with Crippen LogP contribution in [0.3, 0.4) is 0 Å². The molecule has 1 saturated carbocycles. The van der Waals surface area contributed by atoms with Crippen molar-refractivity contribution >= 4 is 11.6 Å². The Morgan fingerprint density at radius 1 is 1.32 bits per heavy atom. The summed E-state index contributed by atoms with van der Waals surface area (Å²) in [4.78, 5) is 0. The number of ether oxygens (including phenoxy) is 1. The van der Waals surface area contributed by atoms with E-state index in [1.54, 1.807) is 7.11 Å². The van der Waals surface area contributed by atoms with Crippen LogP contribution in [0.2, 0.25) is 5.02 Å². The standard InChI is InChI=1S/C16H24ClNO/c1-11-7-8-15(12(2)9-11)18-10-13-14(17)5-4-6-16(13)19-3/h4-6,11-12,15,18H,7-10H2,1-3H3. The number of hydrogen-bond donors (Lipinski definition) is 1. The van der Waals surface area contributed by atoms with Gasteiger partial charge in [-0.2, -0.15) is 0 Å². The minimum absolute atomic E-state index is 0.595. The van der Waals surface area contributed by atoms with Crippen molar-refractivity contribution in [1.29, 1.82) is 0 Å². The minimum atomic E-state index is 0.595. The Morgan fingerprint density at radius 3 is 2.79 bits per heavy atom. The predicted molar refractivity (Wildman–Crippen MR) is 80.8 cm³/mol. The Hall–Kier alpha value is -0.730. The summed E-state index contributed by atoms with van der Waals surface area (Å²) in [5.74, 6) is 2.47. The van der Waals surface area contributed by atoms with Gasteiger partial charge in [0.15, 0.2) is 0 Å². The second kappa shape index (κ2) is 6.62. The van der Waals surface area contributed by atoms with E-state index in [1.807, 2.05) is 18.2 Å². The molecule has 1 aromatic carbocycles. The summed E-state index contributed by atoms with van der Waals surface area (Å²) < 4.78 is 5.39. The van der Waals surface area contributed by atoms with E-state index >= 15 is 0 Å². The van der Waals surface area contributed by atoms with Gasteiger partial charge in [-0.15, -0.1) is 0 Å². The van der Waals surface area contributed by atoms with Crippen LogP contribution in [0.4, 0.5) is 0 Å². The van der Waals surface area contributed by atoms with Crippen molar-refractivity contribution in [2.75, 3.05) is 7.11 Å². The van der Waals surface area contributed by atoms with Gasteiger partial charge in [-0.05, 0) is 43.2 Å². The van der Waals surface area contributed by atoms with Crippen LogP contribution in [0, 0.1) is 11.8 Å². The van der Waals surface area contributed by atoms with Gasteiger partial charge in [-0.25, -0.2) is 0 Å². The van der Waals surface area contributed by atoms with Gasteiger partial charge in [-0.3, -0.25) is 0 Å². The van der Waals surface area contributed by atoms with Gasteiger partial charge in [0.05, 0.1) is 7.11 Å². The quantitative estimate of drug-likeness (QED) is 0.890. The lowest BCUT2D eigenvalue weighted by atomic mass is 9.80. The molecule has 19 heavy (non-hydrogen) atoms. The molecule has 1 aromatic rings. The fraction of sp³-hybridized carbons (Fsp3) is 0.625. The number of halogens is 1. The van der Waals surface area contributed by atoms with Crippen LogP contribution in [0.25, 0.3) is 0 Å². The lowest BCUT2D eigenvalue weighted by molar-refractivity contribution is 0.226. The number of hydrogen-bond acceptors (Lipinski definition) is 2. The highest BCUT2D eigenvalue weighted by atomic mass is 35.5. The molecule has 0 bridgehead atoms. The van der Waals surface area contributed by atoms with Gasteiger partial charge >= 0.3 is 0 Å². The van der Waals surface area contributed by atoms with Crippen molar-refractivity contribution in [3.8, 4) is 5.75 Å². The van der Waals surface area contributed by atoms with Gasteiger partial charge in [0.25, 0.3) is 0 Å². The number of nitrogens with one attached hydrogen (secondary N) is 1. The first-order chi connectivity index (χ1) is 9.11. The highest BCUT2D eigenvalue weighted by molar-refractivity contribution is 6.31. The third-order valence-electron chi connectivity index (χ3n) is 4.27. The van der Waals surface area contributed by atoms with E-state index in [0.717, 1.165) is 34.7 Å². The van der Waals surface area contributed by atoms with Crippen molar-refractivity contribution in [3.05, 3.63) is 28.8 Å². The van der Waals surface area contributed by atoms with E-state index in [9.17, 15) is 0 Å². The molecule has 1 aliphatic carbocycles. The summed E-state index contributed by atoms with van der Waals surface area (Å²) in [6, 6.07) is 6.41. The second-order valence-corrected chi connectivity index (χ2v) is 6.21. The van der Waals surface area contributed by atoms with Crippen molar-refractivity contribution in [3.63, 3.8) is 0 Å². The fourth-order valence-electron chi connectivity index (χ4n) is 3.10. The second-order valence-electron chi connectivity index (χ2n) is 5.80. The third kappa shape index (κ3) is 3.64. The van der Waals surface area contributed by atoms with Crippen molar-refractivity contribution in [1.82, 2.24) is 5.32 Å². The maximum absolute atomic E-state index is 6.27. The molecule has 1 fully saturated rings. The Kier molecular flexibility index (Phi) is 5.12. The van der Waals surface area contributed by atoms with Gasteiger partial charge in [0, 0.05) is 23.2 Å². The first-order valence-corrected chi connectivity index (χ1v) is 7.54. The molecule has 0 amide bonds. The normalized spacial score (nSPS) is 27.3. The van der Waals surface area contributed by atoms with E-state index in [1.165, 1.54) is 19.3 Å². The highest BCUT2D eigenvalue weighted by Crippen LogP contribution is 2.30. The third-order valence-corrected chi connectivity index (χ3v) is 4.62. The number of rotatable bonds is 4. The molecule has 2 nitrogen and oxygen atoms in total. The lowest BCUT2D eigenvalue weighted by Crippen LogP contribution is -2.38. The molecule has 3 unspecified atom stereocenters. The molecule has 0 heterocycles. The largest absolute Gasteiger partial charge is 0.496 e.